The highest BCUT2D eigenvalue weighted by molar-refractivity contribution is 5.19. The molecule has 0 unspecified atom stereocenters. The lowest BCUT2D eigenvalue weighted by molar-refractivity contribution is 0.440. The van der Waals surface area contributed by atoms with Crippen LogP contribution in [0.5, 0.6) is 0 Å². The number of benzene rings is 2. The van der Waals surface area contributed by atoms with Gasteiger partial charge in [-0.15, -0.1) is 0 Å². The summed E-state index contributed by atoms with van der Waals surface area (Å²) in [4.78, 5) is 0. The first-order valence-electron chi connectivity index (χ1n) is 7.14. The second-order valence-corrected chi connectivity index (χ2v) is 5.09. The average molecular weight is 253 g/mol. The van der Waals surface area contributed by atoms with E-state index in [4.69, 9.17) is 0 Å². The van der Waals surface area contributed by atoms with Gasteiger partial charge in [0.15, 0.2) is 0 Å². The molecular formula is C18H23N. The van der Waals surface area contributed by atoms with Gasteiger partial charge in [-0.05, 0) is 30.9 Å². The van der Waals surface area contributed by atoms with E-state index in [0.717, 1.165) is 12.8 Å². The highest BCUT2D eigenvalue weighted by atomic mass is 14.9. The number of hydrogen-bond donors (Lipinski definition) is 1. The summed E-state index contributed by atoms with van der Waals surface area (Å²) in [6, 6.07) is 22.3. The molecular weight excluding hydrogens is 230 g/mol. The van der Waals surface area contributed by atoms with Crippen LogP contribution in [0.3, 0.4) is 0 Å². The molecule has 0 spiro atoms. The van der Waals surface area contributed by atoms with Gasteiger partial charge in [0, 0.05) is 12.1 Å². The van der Waals surface area contributed by atoms with Gasteiger partial charge in [-0.3, -0.25) is 0 Å². The summed E-state index contributed by atoms with van der Waals surface area (Å²) in [7, 11) is 0. The van der Waals surface area contributed by atoms with Crippen molar-refractivity contribution in [2.45, 2.75) is 38.8 Å². The maximum absolute atomic E-state index is 3.73. The summed E-state index contributed by atoms with van der Waals surface area (Å²) in [6.07, 6.45) is 2.24. The third-order valence-electron chi connectivity index (χ3n) is 3.60. The van der Waals surface area contributed by atoms with Crippen molar-refractivity contribution < 1.29 is 0 Å². The molecule has 0 radical (unpaired) electrons. The number of nitrogens with one attached hydrogen (secondary N) is 1. The van der Waals surface area contributed by atoms with Crippen LogP contribution in [0.25, 0.3) is 0 Å². The fraction of sp³-hybridized carbons (Fsp3) is 0.333. The third-order valence-corrected chi connectivity index (χ3v) is 3.60. The maximum atomic E-state index is 3.73. The molecule has 0 saturated heterocycles. The van der Waals surface area contributed by atoms with E-state index in [0.29, 0.717) is 12.1 Å². The highest BCUT2D eigenvalue weighted by Gasteiger charge is 2.12. The first kappa shape index (κ1) is 13.8. The molecule has 2 atom stereocenters. The largest absolute Gasteiger partial charge is 0.307 e. The average Bonchev–Trinajstić information content (AvgIpc) is 2.48. The molecule has 0 aliphatic rings. The molecule has 0 aliphatic carbocycles. The Balaban J connectivity index is 1.96. The molecule has 0 fully saturated rings. The molecule has 0 heterocycles. The van der Waals surface area contributed by atoms with Crippen LogP contribution >= 0.6 is 0 Å². The van der Waals surface area contributed by atoms with Crippen molar-refractivity contribution in [3.8, 4) is 0 Å². The van der Waals surface area contributed by atoms with E-state index in [9.17, 15) is 0 Å². The topological polar surface area (TPSA) is 12.0 Å². The Hall–Kier alpha value is -1.60. The Labute approximate surface area is 116 Å². The van der Waals surface area contributed by atoms with E-state index in [1.165, 1.54) is 11.1 Å². The monoisotopic (exact) mass is 253 g/mol. The molecule has 1 heteroatoms. The van der Waals surface area contributed by atoms with Gasteiger partial charge in [0.2, 0.25) is 0 Å². The summed E-state index contributed by atoms with van der Waals surface area (Å²) in [6.45, 7) is 4.49. The SMILES string of the molecule is CC[C@H](Cc1ccccc1)N[C@H](C)c1ccccc1. The Morgan fingerprint density at radius 3 is 2.05 bits per heavy atom. The zero-order valence-electron chi connectivity index (χ0n) is 11.8. The Morgan fingerprint density at radius 2 is 1.47 bits per heavy atom. The molecule has 1 nitrogen and oxygen atoms in total. The van der Waals surface area contributed by atoms with Crippen LogP contribution in [0.15, 0.2) is 60.7 Å². The summed E-state index contributed by atoms with van der Waals surface area (Å²) in [5, 5.41) is 3.73. The summed E-state index contributed by atoms with van der Waals surface area (Å²) in [5.41, 5.74) is 2.76. The van der Waals surface area contributed by atoms with E-state index in [-0.39, 0.29) is 0 Å². The van der Waals surface area contributed by atoms with Gasteiger partial charge in [0.1, 0.15) is 0 Å². The van der Waals surface area contributed by atoms with Gasteiger partial charge < -0.3 is 5.32 Å². The number of hydrogen-bond acceptors (Lipinski definition) is 1. The maximum Gasteiger partial charge on any atom is 0.0294 e. The minimum Gasteiger partial charge on any atom is -0.307 e. The third kappa shape index (κ3) is 4.22. The summed E-state index contributed by atoms with van der Waals surface area (Å²) < 4.78 is 0. The van der Waals surface area contributed by atoms with E-state index >= 15 is 0 Å². The lowest BCUT2D eigenvalue weighted by atomic mass is 10.0. The van der Waals surface area contributed by atoms with Crippen LogP contribution in [-0.2, 0) is 6.42 Å². The zero-order valence-corrected chi connectivity index (χ0v) is 11.8. The van der Waals surface area contributed by atoms with Crippen LogP contribution in [0.1, 0.15) is 37.4 Å². The van der Waals surface area contributed by atoms with Gasteiger partial charge >= 0.3 is 0 Å². The predicted molar refractivity (Wildman–Crippen MR) is 82.2 cm³/mol. The molecule has 1 N–H and O–H groups in total. The standard InChI is InChI=1S/C18H23N/c1-3-18(14-16-10-6-4-7-11-16)19-15(2)17-12-8-5-9-13-17/h4-13,15,18-19H,3,14H2,1-2H3/t15-,18-/m1/s1. The van der Waals surface area contributed by atoms with Crippen molar-refractivity contribution in [2.75, 3.05) is 0 Å². The van der Waals surface area contributed by atoms with Gasteiger partial charge in [-0.1, -0.05) is 67.6 Å². The molecule has 2 aromatic carbocycles. The first-order valence-corrected chi connectivity index (χ1v) is 7.14. The predicted octanol–water partition coefficient (Wildman–Crippen LogP) is 4.36. The molecule has 2 rings (SSSR count). The van der Waals surface area contributed by atoms with Crippen molar-refractivity contribution in [2.24, 2.45) is 0 Å². The fourth-order valence-corrected chi connectivity index (χ4v) is 2.41. The lowest BCUT2D eigenvalue weighted by Crippen LogP contribution is -2.32. The fourth-order valence-electron chi connectivity index (χ4n) is 2.41. The van der Waals surface area contributed by atoms with Crippen LogP contribution in [-0.4, -0.2) is 6.04 Å². The molecule has 0 aliphatic heterocycles. The smallest absolute Gasteiger partial charge is 0.0294 e. The first-order chi connectivity index (χ1) is 9.29. The van der Waals surface area contributed by atoms with E-state index in [1.54, 1.807) is 0 Å². The van der Waals surface area contributed by atoms with Crippen LogP contribution in [0.4, 0.5) is 0 Å². The van der Waals surface area contributed by atoms with Crippen LogP contribution in [0, 0.1) is 0 Å². The minimum absolute atomic E-state index is 0.398. The van der Waals surface area contributed by atoms with E-state index in [1.807, 2.05) is 0 Å². The van der Waals surface area contributed by atoms with Gasteiger partial charge in [0.25, 0.3) is 0 Å². The van der Waals surface area contributed by atoms with Gasteiger partial charge in [0.05, 0.1) is 0 Å². The quantitative estimate of drug-likeness (QED) is 0.806. The van der Waals surface area contributed by atoms with E-state index in [2.05, 4.69) is 79.8 Å². The molecule has 100 valence electrons. The second kappa shape index (κ2) is 7.10. The molecule has 2 aromatic rings. The number of rotatable bonds is 6. The van der Waals surface area contributed by atoms with Gasteiger partial charge in [-0.2, -0.15) is 0 Å². The van der Waals surface area contributed by atoms with Crippen molar-refractivity contribution in [1.29, 1.82) is 0 Å². The lowest BCUT2D eigenvalue weighted by Gasteiger charge is -2.22. The van der Waals surface area contributed by atoms with Crippen molar-refractivity contribution in [1.82, 2.24) is 5.32 Å². The van der Waals surface area contributed by atoms with Gasteiger partial charge in [-0.25, -0.2) is 0 Å². The van der Waals surface area contributed by atoms with Crippen LogP contribution < -0.4 is 5.32 Å². The molecule has 0 aromatic heterocycles. The molecule has 19 heavy (non-hydrogen) atoms. The highest BCUT2D eigenvalue weighted by Crippen LogP contribution is 2.14. The Kier molecular flexibility index (Phi) is 5.17. The Morgan fingerprint density at radius 1 is 0.895 bits per heavy atom. The van der Waals surface area contributed by atoms with Crippen molar-refractivity contribution in [3.63, 3.8) is 0 Å². The zero-order chi connectivity index (χ0) is 13.5. The molecule has 0 saturated carbocycles. The van der Waals surface area contributed by atoms with Crippen molar-refractivity contribution in [3.05, 3.63) is 71.8 Å². The molecule has 0 bridgehead atoms. The normalized spacial score (nSPS) is 14.0. The Bertz CT molecular complexity index is 464. The van der Waals surface area contributed by atoms with Crippen LogP contribution in [0.2, 0.25) is 0 Å². The molecule has 0 amide bonds. The van der Waals surface area contributed by atoms with E-state index < -0.39 is 0 Å². The summed E-state index contributed by atoms with van der Waals surface area (Å²) >= 11 is 0. The minimum atomic E-state index is 0.398. The second-order valence-electron chi connectivity index (χ2n) is 5.09. The van der Waals surface area contributed by atoms with Crippen molar-refractivity contribution >= 4 is 0 Å². The summed E-state index contributed by atoms with van der Waals surface area (Å²) in [5.74, 6) is 0.